The van der Waals surface area contributed by atoms with Crippen molar-refractivity contribution in [2.24, 2.45) is 0 Å². The highest BCUT2D eigenvalue weighted by atomic mass is 16.5. The molecule has 1 aromatic carbocycles. The summed E-state index contributed by atoms with van der Waals surface area (Å²) in [6.07, 6.45) is 6.51. The lowest BCUT2D eigenvalue weighted by Gasteiger charge is -2.36. The van der Waals surface area contributed by atoms with Crippen LogP contribution in [-0.4, -0.2) is 63.9 Å². The van der Waals surface area contributed by atoms with E-state index in [4.69, 9.17) is 4.74 Å². The molecule has 0 bridgehead atoms. The second kappa shape index (κ2) is 7.00. The van der Waals surface area contributed by atoms with Crippen molar-refractivity contribution >= 4 is 5.95 Å². The van der Waals surface area contributed by atoms with Gasteiger partial charge in [-0.2, -0.15) is 4.68 Å². The van der Waals surface area contributed by atoms with Crippen LogP contribution in [0.4, 0.5) is 5.95 Å². The van der Waals surface area contributed by atoms with Crippen LogP contribution in [0.5, 0.6) is 0 Å². The van der Waals surface area contributed by atoms with Crippen molar-refractivity contribution in [3.8, 4) is 5.69 Å². The maximum absolute atomic E-state index is 5.68. The van der Waals surface area contributed by atoms with Crippen LogP contribution in [0.25, 0.3) is 5.69 Å². The third-order valence-corrected chi connectivity index (χ3v) is 4.59. The smallest absolute Gasteiger partial charge is 0.250 e. The number of nitrogens with zero attached hydrogens (tertiary/aromatic N) is 6. The molecule has 4 rings (SSSR count). The van der Waals surface area contributed by atoms with Gasteiger partial charge in [0.15, 0.2) is 0 Å². The van der Waals surface area contributed by atoms with Gasteiger partial charge in [-0.3, -0.25) is 4.90 Å². The number of ether oxygens (including phenoxy) is 1. The zero-order valence-corrected chi connectivity index (χ0v) is 13.7. The molecule has 0 spiro atoms. The molecular weight excluding hydrogens is 304 g/mol. The molecule has 7 heteroatoms. The van der Waals surface area contributed by atoms with Crippen molar-refractivity contribution in [3.63, 3.8) is 0 Å². The molecule has 3 heterocycles. The summed E-state index contributed by atoms with van der Waals surface area (Å²) in [6, 6.07) is 10.0. The highest BCUT2D eigenvalue weighted by molar-refractivity contribution is 5.40. The molecule has 126 valence electrons. The topological polar surface area (TPSA) is 59.3 Å². The monoisotopic (exact) mass is 326 g/mol. The summed E-state index contributed by atoms with van der Waals surface area (Å²) in [7, 11) is 0. The van der Waals surface area contributed by atoms with Gasteiger partial charge >= 0.3 is 0 Å². The van der Waals surface area contributed by atoms with Crippen LogP contribution in [0.15, 0.2) is 42.7 Å². The number of benzene rings is 1. The molecule has 1 atom stereocenters. The van der Waals surface area contributed by atoms with Gasteiger partial charge in [-0.15, -0.1) is 0 Å². The average Bonchev–Trinajstić information content (AvgIpc) is 3.14. The normalized spacial score (nSPS) is 21.7. The first kappa shape index (κ1) is 15.1. The van der Waals surface area contributed by atoms with Gasteiger partial charge in [0.25, 0.3) is 0 Å². The Labute approximate surface area is 141 Å². The Morgan fingerprint density at radius 1 is 1.08 bits per heavy atom. The van der Waals surface area contributed by atoms with Crippen molar-refractivity contribution in [1.29, 1.82) is 0 Å². The summed E-state index contributed by atoms with van der Waals surface area (Å²) in [5.41, 5.74) is 0.988. The zero-order valence-electron chi connectivity index (χ0n) is 13.7. The minimum absolute atomic E-state index is 0.330. The van der Waals surface area contributed by atoms with E-state index in [-0.39, 0.29) is 0 Å². The predicted octanol–water partition coefficient (Wildman–Crippen LogP) is 1.48. The lowest BCUT2D eigenvalue weighted by molar-refractivity contribution is 0.0765. The van der Waals surface area contributed by atoms with E-state index in [1.165, 1.54) is 0 Å². The number of anilines is 1. The predicted molar refractivity (Wildman–Crippen MR) is 91.1 cm³/mol. The second-order valence-electron chi connectivity index (χ2n) is 6.22. The Morgan fingerprint density at radius 2 is 1.92 bits per heavy atom. The largest absolute Gasteiger partial charge is 0.497 e. The van der Waals surface area contributed by atoms with Crippen LogP contribution >= 0.6 is 0 Å². The van der Waals surface area contributed by atoms with Gasteiger partial charge in [-0.05, 0) is 41.5 Å². The van der Waals surface area contributed by atoms with Crippen LogP contribution < -0.4 is 4.90 Å². The number of hydrogen-bond donors (Lipinski definition) is 0. The van der Waals surface area contributed by atoms with E-state index in [1.54, 1.807) is 0 Å². The number of piperazine rings is 1. The van der Waals surface area contributed by atoms with Gasteiger partial charge < -0.3 is 9.64 Å². The first-order valence-corrected chi connectivity index (χ1v) is 8.52. The minimum Gasteiger partial charge on any atom is -0.497 e. The van der Waals surface area contributed by atoms with Crippen molar-refractivity contribution in [2.45, 2.75) is 18.9 Å². The third-order valence-electron chi connectivity index (χ3n) is 4.59. The molecule has 2 aromatic rings. The first-order chi connectivity index (χ1) is 11.9. The maximum atomic E-state index is 5.68. The van der Waals surface area contributed by atoms with Crippen molar-refractivity contribution in [1.82, 2.24) is 25.1 Å². The molecule has 0 N–H and O–H groups in total. The highest BCUT2D eigenvalue weighted by Gasteiger charge is 2.24. The summed E-state index contributed by atoms with van der Waals surface area (Å²) in [6.45, 7) is 4.86. The third kappa shape index (κ3) is 3.26. The number of aromatic nitrogens is 4. The fourth-order valence-corrected chi connectivity index (χ4v) is 3.25. The summed E-state index contributed by atoms with van der Waals surface area (Å²) in [4.78, 5) is 4.72. The van der Waals surface area contributed by atoms with E-state index < -0.39 is 0 Å². The Kier molecular flexibility index (Phi) is 4.42. The Bertz CT molecular complexity index is 677. The highest BCUT2D eigenvalue weighted by Crippen LogP contribution is 2.18. The number of hydrogen-bond acceptors (Lipinski definition) is 6. The molecule has 2 aliphatic rings. The summed E-state index contributed by atoms with van der Waals surface area (Å²) >= 11 is 0. The molecule has 0 amide bonds. The number of allylic oxidation sites excluding steroid dienone is 1. The quantitative estimate of drug-likeness (QED) is 0.848. The first-order valence-electron chi connectivity index (χ1n) is 8.52. The Morgan fingerprint density at radius 3 is 2.67 bits per heavy atom. The van der Waals surface area contributed by atoms with Gasteiger partial charge in [-0.1, -0.05) is 23.3 Å². The van der Waals surface area contributed by atoms with E-state index in [9.17, 15) is 0 Å². The Hall–Kier alpha value is -2.41. The number of tetrazole rings is 1. The van der Waals surface area contributed by atoms with E-state index in [2.05, 4.69) is 31.4 Å². The zero-order chi connectivity index (χ0) is 16.2. The lowest BCUT2D eigenvalue weighted by atomic mass is 10.1. The maximum Gasteiger partial charge on any atom is 0.250 e. The number of rotatable bonds is 4. The summed E-state index contributed by atoms with van der Waals surface area (Å²) in [5, 5.41) is 12.2. The number of para-hydroxylation sites is 1. The molecule has 24 heavy (non-hydrogen) atoms. The molecular formula is C17H22N6O. The van der Waals surface area contributed by atoms with Gasteiger partial charge in [0.2, 0.25) is 5.95 Å². The SMILES string of the molecule is C1=CO[C@@H](CN2CCN(c3nnnn3-c3ccccc3)CC2)CC1. The molecule has 1 saturated heterocycles. The van der Waals surface area contributed by atoms with Crippen LogP contribution in [-0.2, 0) is 4.74 Å². The minimum atomic E-state index is 0.330. The molecule has 1 aromatic heterocycles. The van der Waals surface area contributed by atoms with Crippen molar-refractivity contribution in [3.05, 3.63) is 42.7 Å². The Balaban J connectivity index is 1.38. The standard InChI is InChI=1S/C17H22N6O/c1-2-6-15(7-3-1)23-17(18-19-20-23)22-11-9-21(10-12-22)14-16-8-4-5-13-24-16/h1-3,5-7,13,16H,4,8-12,14H2/t16-/m1/s1. The summed E-state index contributed by atoms with van der Waals surface area (Å²) < 4.78 is 7.49. The molecule has 1 fully saturated rings. The van der Waals surface area contributed by atoms with E-state index in [0.29, 0.717) is 6.10 Å². The molecule has 2 aliphatic heterocycles. The van der Waals surface area contributed by atoms with Crippen molar-refractivity contribution < 1.29 is 4.74 Å². The van der Waals surface area contributed by atoms with Gasteiger partial charge in [-0.25, -0.2) is 0 Å². The summed E-state index contributed by atoms with van der Waals surface area (Å²) in [5.74, 6) is 0.817. The fraction of sp³-hybridized carbons (Fsp3) is 0.471. The molecule has 0 aliphatic carbocycles. The van der Waals surface area contributed by atoms with Gasteiger partial charge in [0.1, 0.15) is 6.10 Å². The van der Waals surface area contributed by atoms with Crippen LogP contribution in [0.2, 0.25) is 0 Å². The van der Waals surface area contributed by atoms with Crippen LogP contribution in [0.1, 0.15) is 12.8 Å². The van der Waals surface area contributed by atoms with Gasteiger partial charge in [0.05, 0.1) is 11.9 Å². The van der Waals surface area contributed by atoms with E-state index in [0.717, 1.165) is 57.2 Å². The second-order valence-corrected chi connectivity index (χ2v) is 6.22. The van der Waals surface area contributed by atoms with Gasteiger partial charge in [0, 0.05) is 32.7 Å². The molecule has 0 radical (unpaired) electrons. The average molecular weight is 326 g/mol. The van der Waals surface area contributed by atoms with Crippen LogP contribution in [0.3, 0.4) is 0 Å². The van der Waals surface area contributed by atoms with Crippen LogP contribution in [0, 0.1) is 0 Å². The lowest BCUT2D eigenvalue weighted by Crippen LogP contribution is -2.49. The van der Waals surface area contributed by atoms with E-state index in [1.807, 2.05) is 41.3 Å². The van der Waals surface area contributed by atoms with Crippen molar-refractivity contribution in [2.75, 3.05) is 37.6 Å². The van der Waals surface area contributed by atoms with E-state index >= 15 is 0 Å². The fourth-order valence-electron chi connectivity index (χ4n) is 3.25. The molecule has 7 nitrogen and oxygen atoms in total. The molecule has 0 saturated carbocycles. The molecule has 0 unspecified atom stereocenters.